The zero-order valence-electron chi connectivity index (χ0n) is 9.33. The summed E-state index contributed by atoms with van der Waals surface area (Å²) < 4.78 is 13.7. The molecule has 4 heteroatoms. The van der Waals surface area contributed by atoms with Crippen molar-refractivity contribution in [1.82, 2.24) is 0 Å². The molecule has 92 valence electrons. The molecule has 2 rings (SSSR count). The highest BCUT2D eigenvalue weighted by molar-refractivity contribution is 6.31. The number of hydrogen-bond acceptors (Lipinski definition) is 1. The van der Waals surface area contributed by atoms with Gasteiger partial charge in [0.1, 0.15) is 5.82 Å². The van der Waals surface area contributed by atoms with Gasteiger partial charge in [-0.05, 0) is 43.2 Å². The molecule has 2 atom stereocenters. The van der Waals surface area contributed by atoms with Crippen LogP contribution in [-0.4, -0.2) is 11.1 Å². The Kier molecular flexibility index (Phi) is 3.67. The van der Waals surface area contributed by atoms with Crippen LogP contribution in [-0.2, 0) is 4.79 Å². The van der Waals surface area contributed by atoms with E-state index in [4.69, 9.17) is 16.7 Å². The van der Waals surface area contributed by atoms with Gasteiger partial charge in [0.15, 0.2) is 0 Å². The number of rotatable bonds is 3. The predicted octanol–water partition coefficient (Wildman–Crippen LogP) is 3.84. The molecule has 1 aliphatic rings. The lowest BCUT2D eigenvalue weighted by molar-refractivity contribution is -0.138. The third kappa shape index (κ3) is 2.78. The number of aliphatic carboxylic acids is 1. The van der Waals surface area contributed by atoms with Crippen molar-refractivity contribution in [2.45, 2.75) is 31.6 Å². The number of hydrogen-bond donors (Lipinski definition) is 1. The second-order valence-electron chi connectivity index (χ2n) is 4.61. The van der Waals surface area contributed by atoms with E-state index in [-0.39, 0.29) is 24.1 Å². The Morgan fingerprint density at radius 1 is 1.47 bits per heavy atom. The lowest BCUT2D eigenvalue weighted by Crippen LogP contribution is -2.05. The van der Waals surface area contributed by atoms with Crippen LogP contribution < -0.4 is 0 Å². The molecule has 0 aliphatic heterocycles. The van der Waals surface area contributed by atoms with Crippen LogP contribution in [0.1, 0.15) is 37.2 Å². The summed E-state index contributed by atoms with van der Waals surface area (Å²) in [5, 5.41) is 9.19. The fourth-order valence-electron chi connectivity index (χ4n) is 2.67. The molecular formula is C13H14ClFO2. The van der Waals surface area contributed by atoms with Crippen molar-refractivity contribution in [2.24, 2.45) is 5.92 Å². The largest absolute Gasteiger partial charge is 0.481 e. The van der Waals surface area contributed by atoms with Gasteiger partial charge in [-0.15, -0.1) is 0 Å². The molecule has 1 aliphatic carbocycles. The van der Waals surface area contributed by atoms with Gasteiger partial charge in [0.25, 0.3) is 0 Å². The minimum absolute atomic E-state index is 0.0630. The molecule has 0 spiro atoms. The van der Waals surface area contributed by atoms with Gasteiger partial charge in [-0.3, -0.25) is 4.79 Å². The van der Waals surface area contributed by atoms with Crippen LogP contribution in [0, 0.1) is 11.7 Å². The van der Waals surface area contributed by atoms with Crippen molar-refractivity contribution in [2.75, 3.05) is 0 Å². The van der Waals surface area contributed by atoms with E-state index in [2.05, 4.69) is 0 Å². The van der Waals surface area contributed by atoms with Crippen LogP contribution >= 0.6 is 11.6 Å². The molecule has 0 saturated heterocycles. The first-order chi connectivity index (χ1) is 8.08. The number of carbonyl (C=O) groups is 1. The first kappa shape index (κ1) is 12.4. The van der Waals surface area contributed by atoms with Gasteiger partial charge >= 0.3 is 5.97 Å². The van der Waals surface area contributed by atoms with E-state index in [1.165, 1.54) is 6.07 Å². The normalized spacial score (nSPS) is 23.9. The Labute approximate surface area is 104 Å². The SMILES string of the molecule is O=C(O)CC1CCC(c2c(F)cccc2Cl)C1. The van der Waals surface area contributed by atoms with Crippen LogP contribution in [0.5, 0.6) is 0 Å². The van der Waals surface area contributed by atoms with Crippen LogP contribution in [0.4, 0.5) is 4.39 Å². The molecule has 17 heavy (non-hydrogen) atoms. The Morgan fingerprint density at radius 2 is 2.24 bits per heavy atom. The third-order valence-corrected chi connectivity index (χ3v) is 3.74. The molecule has 1 saturated carbocycles. The van der Waals surface area contributed by atoms with Gasteiger partial charge in [0.2, 0.25) is 0 Å². The van der Waals surface area contributed by atoms with Gasteiger partial charge in [-0.2, -0.15) is 0 Å². The molecule has 1 aromatic rings. The van der Waals surface area contributed by atoms with Crippen molar-refractivity contribution in [3.05, 3.63) is 34.6 Å². The number of carboxylic acid groups (broad SMARTS) is 1. The Morgan fingerprint density at radius 3 is 2.88 bits per heavy atom. The monoisotopic (exact) mass is 256 g/mol. The summed E-state index contributed by atoms with van der Waals surface area (Å²) in [5.41, 5.74) is 0.557. The summed E-state index contributed by atoms with van der Waals surface area (Å²) in [6.07, 6.45) is 2.54. The van der Waals surface area contributed by atoms with Crippen molar-refractivity contribution >= 4 is 17.6 Å². The molecule has 0 aromatic heterocycles. The van der Waals surface area contributed by atoms with Crippen LogP contribution in [0.3, 0.4) is 0 Å². The molecular weight excluding hydrogens is 243 g/mol. The topological polar surface area (TPSA) is 37.3 Å². The molecule has 0 amide bonds. The second kappa shape index (κ2) is 5.05. The quantitative estimate of drug-likeness (QED) is 0.892. The third-order valence-electron chi connectivity index (χ3n) is 3.41. The average Bonchev–Trinajstić information content (AvgIpc) is 2.65. The van der Waals surface area contributed by atoms with E-state index in [0.29, 0.717) is 17.0 Å². The highest BCUT2D eigenvalue weighted by atomic mass is 35.5. The minimum atomic E-state index is -0.782. The first-order valence-electron chi connectivity index (χ1n) is 5.73. The van der Waals surface area contributed by atoms with Crippen molar-refractivity contribution in [3.8, 4) is 0 Å². The van der Waals surface area contributed by atoms with Gasteiger partial charge in [-0.25, -0.2) is 4.39 Å². The predicted molar refractivity (Wildman–Crippen MR) is 63.7 cm³/mol. The van der Waals surface area contributed by atoms with Crippen molar-refractivity contribution < 1.29 is 14.3 Å². The van der Waals surface area contributed by atoms with Crippen LogP contribution in [0.15, 0.2) is 18.2 Å². The van der Waals surface area contributed by atoms with E-state index < -0.39 is 5.97 Å². The van der Waals surface area contributed by atoms with E-state index in [1.807, 2.05) is 0 Å². The molecule has 0 heterocycles. The highest BCUT2D eigenvalue weighted by Crippen LogP contribution is 2.42. The van der Waals surface area contributed by atoms with Gasteiger partial charge < -0.3 is 5.11 Å². The highest BCUT2D eigenvalue weighted by Gasteiger charge is 2.30. The Bertz CT molecular complexity index is 413. The van der Waals surface area contributed by atoms with E-state index in [1.54, 1.807) is 12.1 Å². The summed E-state index contributed by atoms with van der Waals surface area (Å²) in [6.45, 7) is 0. The fraction of sp³-hybridized carbons (Fsp3) is 0.462. The zero-order valence-corrected chi connectivity index (χ0v) is 10.1. The van der Waals surface area contributed by atoms with Gasteiger partial charge in [0.05, 0.1) is 0 Å². The van der Waals surface area contributed by atoms with Crippen LogP contribution in [0.25, 0.3) is 0 Å². The van der Waals surface area contributed by atoms with E-state index >= 15 is 0 Å². The second-order valence-corrected chi connectivity index (χ2v) is 5.02. The lowest BCUT2D eigenvalue weighted by Gasteiger charge is -2.13. The van der Waals surface area contributed by atoms with E-state index in [0.717, 1.165) is 12.8 Å². The molecule has 1 fully saturated rings. The summed E-state index contributed by atoms with van der Waals surface area (Å²) >= 11 is 6.01. The maximum atomic E-state index is 13.7. The molecule has 0 radical (unpaired) electrons. The van der Waals surface area contributed by atoms with Crippen molar-refractivity contribution in [3.63, 3.8) is 0 Å². The lowest BCUT2D eigenvalue weighted by atomic mass is 9.95. The van der Waals surface area contributed by atoms with Crippen molar-refractivity contribution in [1.29, 1.82) is 0 Å². The summed E-state index contributed by atoms with van der Waals surface area (Å²) in [4.78, 5) is 10.6. The number of halogens is 2. The minimum Gasteiger partial charge on any atom is -0.481 e. The van der Waals surface area contributed by atoms with Gasteiger partial charge in [-0.1, -0.05) is 17.7 Å². The standard InChI is InChI=1S/C13H14ClFO2/c14-10-2-1-3-11(15)13(10)9-5-4-8(6-9)7-12(16)17/h1-3,8-9H,4-7H2,(H,16,17). The smallest absolute Gasteiger partial charge is 0.303 e. The summed E-state index contributed by atoms with van der Waals surface area (Å²) in [6, 6.07) is 4.68. The Balaban J connectivity index is 2.12. The molecule has 1 N–H and O–H groups in total. The molecule has 0 bridgehead atoms. The average molecular weight is 257 g/mol. The molecule has 2 nitrogen and oxygen atoms in total. The fourth-order valence-corrected chi connectivity index (χ4v) is 2.99. The van der Waals surface area contributed by atoms with Gasteiger partial charge in [0, 0.05) is 17.0 Å². The maximum absolute atomic E-state index is 13.7. The molecule has 2 unspecified atom stereocenters. The summed E-state index contributed by atoms with van der Waals surface area (Å²) in [7, 11) is 0. The number of benzene rings is 1. The van der Waals surface area contributed by atoms with E-state index in [9.17, 15) is 9.18 Å². The molecule has 1 aromatic carbocycles. The number of carboxylic acids is 1. The summed E-state index contributed by atoms with van der Waals surface area (Å²) in [5.74, 6) is -0.852. The van der Waals surface area contributed by atoms with Crippen LogP contribution in [0.2, 0.25) is 5.02 Å². The first-order valence-corrected chi connectivity index (χ1v) is 6.11. The Hall–Kier alpha value is -1.09. The maximum Gasteiger partial charge on any atom is 0.303 e. The zero-order chi connectivity index (χ0) is 12.4.